The van der Waals surface area contributed by atoms with Gasteiger partial charge in [-0.05, 0) is 24.5 Å². The van der Waals surface area contributed by atoms with Crippen molar-refractivity contribution >= 4 is 21.7 Å². The number of nitrogens with one attached hydrogen (secondary N) is 1. The number of benzene rings is 1. The van der Waals surface area contributed by atoms with E-state index in [2.05, 4.69) is 0 Å². The maximum atomic E-state index is 13.5. The lowest BCUT2D eigenvalue weighted by molar-refractivity contribution is -0.390. The molecule has 0 saturated heterocycles. The Balaban J connectivity index is 3.28. The van der Waals surface area contributed by atoms with Gasteiger partial charge in [-0.3, -0.25) is 14.9 Å². The Morgan fingerprint density at radius 2 is 2.05 bits per heavy atom. The molecule has 0 unspecified atom stereocenters. The number of aliphatic carboxylic acids is 1. The lowest BCUT2D eigenvalue weighted by Gasteiger charge is -2.16. The second-order valence-corrected chi connectivity index (χ2v) is 6.67. The molecule has 22 heavy (non-hydrogen) atoms. The molecule has 0 bridgehead atoms. The van der Waals surface area contributed by atoms with Gasteiger partial charge in [0.1, 0.15) is 6.04 Å². The summed E-state index contributed by atoms with van der Waals surface area (Å²) >= 11 is 0. The standard InChI is InChI=1S/C12H15FN2O6S/c1-7(2)6-9(12(16)17)14-22(20,21)10-5-3-4-8(13)11(10)15(18)19/h3-5,7,9,14H,6H2,1-2H3,(H,16,17)/t9-/m1/s1. The lowest BCUT2D eigenvalue weighted by atomic mass is 10.1. The smallest absolute Gasteiger partial charge is 0.324 e. The number of halogens is 1. The number of sulfonamides is 1. The molecule has 0 aliphatic carbocycles. The number of nitrogens with zero attached hydrogens (tertiary/aromatic N) is 1. The number of nitro benzene ring substituents is 1. The molecule has 0 heterocycles. The van der Waals surface area contributed by atoms with Gasteiger partial charge in [-0.2, -0.15) is 9.11 Å². The molecular formula is C12H15FN2O6S. The van der Waals surface area contributed by atoms with Crippen molar-refractivity contribution in [3.63, 3.8) is 0 Å². The molecule has 0 saturated carbocycles. The first kappa shape index (κ1) is 18.0. The Morgan fingerprint density at radius 1 is 1.45 bits per heavy atom. The first-order chi connectivity index (χ1) is 10.1. The molecule has 0 spiro atoms. The molecule has 0 fully saturated rings. The van der Waals surface area contributed by atoms with E-state index < -0.39 is 43.4 Å². The van der Waals surface area contributed by atoms with E-state index >= 15 is 0 Å². The van der Waals surface area contributed by atoms with Gasteiger partial charge in [0, 0.05) is 0 Å². The highest BCUT2D eigenvalue weighted by molar-refractivity contribution is 7.89. The molecule has 2 N–H and O–H groups in total. The average Bonchev–Trinajstić information content (AvgIpc) is 2.36. The summed E-state index contributed by atoms with van der Waals surface area (Å²) in [7, 11) is -4.56. The second kappa shape index (κ2) is 6.79. The number of carbonyl (C=O) groups is 1. The fourth-order valence-corrected chi connectivity index (χ4v) is 3.19. The minimum atomic E-state index is -4.56. The molecule has 122 valence electrons. The zero-order valence-corrected chi connectivity index (χ0v) is 12.6. The first-order valence-electron chi connectivity index (χ1n) is 6.24. The summed E-state index contributed by atoms with van der Waals surface area (Å²) < 4.78 is 39.7. The number of hydrogen-bond donors (Lipinski definition) is 2. The van der Waals surface area contributed by atoms with Crippen LogP contribution in [0.15, 0.2) is 23.1 Å². The molecule has 0 aliphatic heterocycles. The summed E-state index contributed by atoms with van der Waals surface area (Å²) in [5.74, 6) is -2.87. The van der Waals surface area contributed by atoms with Crippen LogP contribution in [-0.2, 0) is 14.8 Å². The molecule has 0 aliphatic rings. The van der Waals surface area contributed by atoms with Gasteiger partial charge in [0.2, 0.25) is 15.8 Å². The van der Waals surface area contributed by atoms with E-state index in [1.54, 1.807) is 13.8 Å². The third-order valence-electron chi connectivity index (χ3n) is 2.72. The molecule has 1 aromatic rings. The van der Waals surface area contributed by atoms with E-state index in [4.69, 9.17) is 5.11 Å². The van der Waals surface area contributed by atoms with Crippen molar-refractivity contribution in [2.24, 2.45) is 5.92 Å². The molecule has 1 rings (SSSR count). The van der Waals surface area contributed by atoms with Gasteiger partial charge in [-0.1, -0.05) is 19.9 Å². The van der Waals surface area contributed by atoms with Crippen molar-refractivity contribution in [3.05, 3.63) is 34.1 Å². The van der Waals surface area contributed by atoms with Gasteiger partial charge in [-0.15, -0.1) is 0 Å². The highest BCUT2D eigenvalue weighted by Gasteiger charge is 2.33. The normalized spacial score (nSPS) is 13.1. The fraction of sp³-hybridized carbons (Fsp3) is 0.417. The maximum absolute atomic E-state index is 13.5. The van der Waals surface area contributed by atoms with Gasteiger partial charge >= 0.3 is 11.7 Å². The first-order valence-corrected chi connectivity index (χ1v) is 7.72. The number of hydrogen-bond acceptors (Lipinski definition) is 5. The van der Waals surface area contributed by atoms with Crippen LogP contribution in [0, 0.1) is 21.8 Å². The third-order valence-corrected chi connectivity index (χ3v) is 4.23. The van der Waals surface area contributed by atoms with Crippen molar-refractivity contribution in [1.29, 1.82) is 0 Å². The van der Waals surface area contributed by atoms with Crippen LogP contribution < -0.4 is 4.72 Å². The van der Waals surface area contributed by atoms with Crippen molar-refractivity contribution in [3.8, 4) is 0 Å². The lowest BCUT2D eigenvalue weighted by Crippen LogP contribution is -2.41. The van der Waals surface area contributed by atoms with Crippen LogP contribution in [0.5, 0.6) is 0 Å². The summed E-state index contributed by atoms with van der Waals surface area (Å²) in [5.41, 5.74) is -1.22. The van der Waals surface area contributed by atoms with E-state index in [0.717, 1.165) is 18.2 Å². The van der Waals surface area contributed by atoms with Crippen LogP contribution in [0.4, 0.5) is 10.1 Å². The number of carboxylic acids is 1. The van der Waals surface area contributed by atoms with Crippen LogP contribution in [0.3, 0.4) is 0 Å². The van der Waals surface area contributed by atoms with Gasteiger partial charge in [0.05, 0.1) is 4.92 Å². The van der Waals surface area contributed by atoms with E-state index in [1.807, 2.05) is 4.72 Å². The van der Waals surface area contributed by atoms with Crippen molar-refractivity contribution in [2.75, 3.05) is 0 Å². The van der Waals surface area contributed by atoms with E-state index in [-0.39, 0.29) is 12.3 Å². The minimum Gasteiger partial charge on any atom is -0.480 e. The molecule has 8 nitrogen and oxygen atoms in total. The number of nitro groups is 1. The summed E-state index contributed by atoms with van der Waals surface area (Å²) in [6, 6.07) is 1.13. The largest absolute Gasteiger partial charge is 0.480 e. The SMILES string of the molecule is CC(C)C[C@@H](NS(=O)(=O)c1cccc(F)c1[N+](=O)[O-])C(=O)O. The number of rotatable bonds is 7. The van der Waals surface area contributed by atoms with Crippen molar-refractivity contribution < 1.29 is 27.6 Å². The summed E-state index contributed by atoms with van der Waals surface area (Å²) in [6.45, 7) is 3.38. The molecule has 0 amide bonds. The van der Waals surface area contributed by atoms with E-state index in [0.29, 0.717) is 0 Å². The Hall–Kier alpha value is -2.07. The summed E-state index contributed by atoms with van der Waals surface area (Å²) in [6.07, 6.45) is -0.0162. The van der Waals surface area contributed by atoms with Crippen LogP contribution >= 0.6 is 0 Å². The Labute approximate surface area is 126 Å². The summed E-state index contributed by atoms with van der Waals surface area (Å²) in [4.78, 5) is 19.9. The zero-order chi connectivity index (χ0) is 17.1. The average molecular weight is 334 g/mol. The number of carboxylic acid groups (broad SMARTS) is 1. The fourth-order valence-electron chi connectivity index (χ4n) is 1.81. The van der Waals surface area contributed by atoms with Gasteiger partial charge in [0.25, 0.3) is 0 Å². The Bertz CT molecular complexity index is 689. The quantitative estimate of drug-likeness (QED) is 0.575. The van der Waals surface area contributed by atoms with E-state index in [9.17, 15) is 27.7 Å². The van der Waals surface area contributed by atoms with Crippen molar-refractivity contribution in [2.45, 2.75) is 31.2 Å². The van der Waals surface area contributed by atoms with Crippen molar-refractivity contribution in [1.82, 2.24) is 4.72 Å². The molecule has 0 radical (unpaired) electrons. The Kier molecular flexibility index (Phi) is 5.55. The van der Waals surface area contributed by atoms with Gasteiger partial charge < -0.3 is 5.11 Å². The monoisotopic (exact) mass is 334 g/mol. The Morgan fingerprint density at radius 3 is 2.50 bits per heavy atom. The maximum Gasteiger partial charge on any atom is 0.324 e. The molecular weight excluding hydrogens is 319 g/mol. The highest BCUT2D eigenvalue weighted by Crippen LogP contribution is 2.27. The number of para-hydroxylation sites is 1. The molecule has 0 aromatic heterocycles. The van der Waals surface area contributed by atoms with Crippen LogP contribution in [-0.4, -0.2) is 30.5 Å². The third kappa shape index (κ3) is 4.21. The van der Waals surface area contributed by atoms with Crippen LogP contribution in [0.25, 0.3) is 0 Å². The molecule has 10 heteroatoms. The van der Waals surface area contributed by atoms with E-state index in [1.165, 1.54) is 0 Å². The minimum absolute atomic E-state index is 0.0162. The van der Waals surface area contributed by atoms with Gasteiger partial charge in [0.15, 0.2) is 4.90 Å². The summed E-state index contributed by atoms with van der Waals surface area (Å²) in [5, 5.41) is 19.9. The molecule has 1 aromatic carbocycles. The van der Waals surface area contributed by atoms with Crippen LogP contribution in [0.1, 0.15) is 20.3 Å². The van der Waals surface area contributed by atoms with Crippen LogP contribution in [0.2, 0.25) is 0 Å². The topological polar surface area (TPSA) is 127 Å². The second-order valence-electron chi connectivity index (χ2n) is 4.99. The molecule has 1 atom stereocenters. The zero-order valence-electron chi connectivity index (χ0n) is 11.8. The predicted octanol–water partition coefficient (Wildman–Crippen LogP) is 1.51. The highest BCUT2D eigenvalue weighted by atomic mass is 32.2. The predicted molar refractivity (Wildman–Crippen MR) is 74.3 cm³/mol. The van der Waals surface area contributed by atoms with Gasteiger partial charge in [-0.25, -0.2) is 8.42 Å².